The van der Waals surface area contributed by atoms with Crippen LogP contribution in [-0.2, 0) is 19.1 Å². The first-order valence-corrected chi connectivity index (χ1v) is 6.02. The van der Waals surface area contributed by atoms with Gasteiger partial charge in [-0.3, -0.25) is 0 Å². The standard InChI is InChI=1S/C12H24N2O4/c1-7-15-11(3,4)17-13-9-10-14-18-12(5,6)16-8-2/h9-10H,7-8H2,1-6H3/b13-9-,14-10-. The van der Waals surface area contributed by atoms with Gasteiger partial charge in [0, 0.05) is 40.9 Å². The first-order valence-electron chi connectivity index (χ1n) is 6.02. The second-order valence-corrected chi connectivity index (χ2v) is 4.36. The molecule has 0 aromatic rings. The number of hydrogen-bond acceptors (Lipinski definition) is 6. The molecule has 0 saturated heterocycles. The zero-order valence-corrected chi connectivity index (χ0v) is 12.1. The lowest BCUT2D eigenvalue weighted by molar-refractivity contribution is -0.211. The summed E-state index contributed by atoms with van der Waals surface area (Å²) in [6.07, 6.45) is 2.76. The molecule has 0 fully saturated rings. The lowest BCUT2D eigenvalue weighted by atomic mass is 10.4. The van der Waals surface area contributed by atoms with Crippen LogP contribution in [0.4, 0.5) is 0 Å². The van der Waals surface area contributed by atoms with Crippen molar-refractivity contribution < 1.29 is 19.1 Å². The Morgan fingerprint density at radius 2 is 1.11 bits per heavy atom. The maximum atomic E-state index is 5.29. The van der Waals surface area contributed by atoms with Crippen molar-refractivity contribution in [2.75, 3.05) is 13.2 Å². The number of oxime groups is 2. The summed E-state index contributed by atoms with van der Waals surface area (Å²) in [6.45, 7) is 12.0. The Morgan fingerprint density at radius 1 is 0.778 bits per heavy atom. The molecule has 0 aromatic heterocycles. The van der Waals surface area contributed by atoms with Gasteiger partial charge in [0.05, 0.1) is 12.4 Å². The second-order valence-electron chi connectivity index (χ2n) is 4.36. The molecule has 106 valence electrons. The molecule has 0 aromatic carbocycles. The van der Waals surface area contributed by atoms with Gasteiger partial charge in [-0.25, -0.2) is 0 Å². The first-order chi connectivity index (χ1) is 8.33. The van der Waals surface area contributed by atoms with Crippen molar-refractivity contribution in [3.63, 3.8) is 0 Å². The van der Waals surface area contributed by atoms with Gasteiger partial charge in [-0.1, -0.05) is 10.3 Å². The maximum absolute atomic E-state index is 5.29. The Morgan fingerprint density at radius 3 is 1.39 bits per heavy atom. The monoisotopic (exact) mass is 260 g/mol. The van der Waals surface area contributed by atoms with Crippen LogP contribution in [0.2, 0.25) is 0 Å². The highest BCUT2D eigenvalue weighted by Crippen LogP contribution is 2.11. The minimum atomic E-state index is -0.745. The van der Waals surface area contributed by atoms with Crippen LogP contribution >= 0.6 is 0 Å². The van der Waals surface area contributed by atoms with Crippen LogP contribution in [0.15, 0.2) is 10.3 Å². The van der Waals surface area contributed by atoms with Crippen molar-refractivity contribution in [2.24, 2.45) is 10.3 Å². The van der Waals surface area contributed by atoms with E-state index in [-0.39, 0.29) is 0 Å². The molecule has 0 rings (SSSR count). The Bertz CT molecular complexity index is 247. The molecule has 0 amide bonds. The lowest BCUT2D eigenvalue weighted by Gasteiger charge is -2.21. The van der Waals surface area contributed by atoms with Crippen LogP contribution in [0.1, 0.15) is 41.5 Å². The van der Waals surface area contributed by atoms with Crippen molar-refractivity contribution in [3.05, 3.63) is 0 Å². The molecule has 0 aliphatic heterocycles. The van der Waals surface area contributed by atoms with Crippen LogP contribution in [-0.4, -0.2) is 37.2 Å². The summed E-state index contributed by atoms with van der Waals surface area (Å²) in [7, 11) is 0. The third-order valence-corrected chi connectivity index (χ3v) is 1.72. The predicted molar refractivity (Wildman–Crippen MR) is 70.6 cm³/mol. The van der Waals surface area contributed by atoms with E-state index in [1.165, 1.54) is 12.4 Å². The molecular weight excluding hydrogens is 236 g/mol. The van der Waals surface area contributed by atoms with Crippen LogP contribution in [0.25, 0.3) is 0 Å². The summed E-state index contributed by atoms with van der Waals surface area (Å²) < 4.78 is 10.6. The molecule has 18 heavy (non-hydrogen) atoms. The SMILES string of the molecule is CCOC(C)(C)O/N=C\C=N/OC(C)(C)OCC. The fourth-order valence-corrected chi connectivity index (χ4v) is 1.12. The van der Waals surface area contributed by atoms with Gasteiger partial charge >= 0.3 is 0 Å². The van der Waals surface area contributed by atoms with Crippen molar-refractivity contribution >= 4 is 12.4 Å². The Hall–Kier alpha value is -1.14. The van der Waals surface area contributed by atoms with Crippen LogP contribution in [0.3, 0.4) is 0 Å². The number of nitrogens with zero attached hydrogens (tertiary/aromatic N) is 2. The van der Waals surface area contributed by atoms with Gasteiger partial charge in [-0.15, -0.1) is 0 Å². The molecule has 0 aliphatic rings. The highest BCUT2D eigenvalue weighted by Gasteiger charge is 2.19. The van der Waals surface area contributed by atoms with Gasteiger partial charge in [-0.2, -0.15) is 0 Å². The van der Waals surface area contributed by atoms with Crippen LogP contribution in [0.5, 0.6) is 0 Å². The summed E-state index contributed by atoms with van der Waals surface area (Å²) in [5, 5.41) is 7.41. The average molecular weight is 260 g/mol. The summed E-state index contributed by atoms with van der Waals surface area (Å²) in [4.78, 5) is 10.2. The van der Waals surface area contributed by atoms with E-state index in [1.54, 1.807) is 27.7 Å². The molecule has 0 N–H and O–H groups in total. The maximum Gasteiger partial charge on any atom is 0.231 e. The topological polar surface area (TPSA) is 61.6 Å². The number of hydrogen-bond donors (Lipinski definition) is 0. The predicted octanol–water partition coefficient (Wildman–Crippen LogP) is 2.54. The fraction of sp³-hybridized carbons (Fsp3) is 0.833. The summed E-state index contributed by atoms with van der Waals surface area (Å²) in [5.41, 5.74) is 0. The quantitative estimate of drug-likeness (QED) is 0.363. The highest BCUT2D eigenvalue weighted by atomic mass is 16.8. The van der Waals surface area contributed by atoms with Crippen LogP contribution in [0, 0.1) is 0 Å². The average Bonchev–Trinajstić information content (AvgIpc) is 2.22. The van der Waals surface area contributed by atoms with Gasteiger partial charge in [0.1, 0.15) is 0 Å². The van der Waals surface area contributed by atoms with E-state index < -0.39 is 11.6 Å². The molecule has 6 nitrogen and oxygen atoms in total. The van der Waals surface area contributed by atoms with Gasteiger partial charge in [0.2, 0.25) is 11.6 Å². The van der Waals surface area contributed by atoms with Gasteiger partial charge < -0.3 is 19.1 Å². The fourth-order valence-electron chi connectivity index (χ4n) is 1.12. The van der Waals surface area contributed by atoms with Crippen LogP contribution < -0.4 is 0 Å². The lowest BCUT2D eigenvalue weighted by Crippen LogP contribution is -2.26. The zero-order chi connectivity index (χ0) is 14.1. The van der Waals surface area contributed by atoms with Gasteiger partial charge in [0.25, 0.3) is 0 Å². The highest BCUT2D eigenvalue weighted by molar-refractivity contribution is 6.15. The van der Waals surface area contributed by atoms with Gasteiger partial charge in [-0.05, 0) is 13.8 Å². The van der Waals surface area contributed by atoms with Crippen molar-refractivity contribution in [1.29, 1.82) is 0 Å². The molecular formula is C12H24N2O4. The van der Waals surface area contributed by atoms with E-state index in [0.717, 1.165) is 0 Å². The molecule has 6 heteroatoms. The molecule has 0 unspecified atom stereocenters. The minimum Gasteiger partial charge on any atom is -0.361 e. The molecule has 0 radical (unpaired) electrons. The van der Waals surface area contributed by atoms with E-state index in [2.05, 4.69) is 10.3 Å². The van der Waals surface area contributed by atoms with Gasteiger partial charge in [0.15, 0.2) is 0 Å². The number of ether oxygens (including phenoxy) is 2. The molecule has 0 spiro atoms. The minimum absolute atomic E-state index is 0.558. The summed E-state index contributed by atoms with van der Waals surface area (Å²) in [5.74, 6) is -1.49. The molecule has 0 bridgehead atoms. The summed E-state index contributed by atoms with van der Waals surface area (Å²) in [6, 6.07) is 0. The normalized spacial score (nSPS) is 13.4. The number of rotatable bonds is 9. The Balaban J connectivity index is 3.95. The first kappa shape index (κ1) is 16.9. The summed E-state index contributed by atoms with van der Waals surface area (Å²) >= 11 is 0. The van der Waals surface area contributed by atoms with E-state index in [9.17, 15) is 0 Å². The second kappa shape index (κ2) is 8.05. The molecule has 0 aliphatic carbocycles. The van der Waals surface area contributed by atoms with Crippen molar-refractivity contribution in [3.8, 4) is 0 Å². The zero-order valence-electron chi connectivity index (χ0n) is 12.1. The van der Waals surface area contributed by atoms with E-state index in [4.69, 9.17) is 19.1 Å². The molecule has 0 heterocycles. The van der Waals surface area contributed by atoms with E-state index >= 15 is 0 Å². The molecule has 0 saturated carbocycles. The Kier molecular flexibility index (Phi) is 7.54. The van der Waals surface area contributed by atoms with E-state index in [0.29, 0.717) is 13.2 Å². The smallest absolute Gasteiger partial charge is 0.231 e. The van der Waals surface area contributed by atoms with Crippen molar-refractivity contribution in [2.45, 2.75) is 53.1 Å². The molecule has 0 atom stereocenters. The largest absolute Gasteiger partial charge is 0.361 e. The third-order valence-electron chi connectivity index (χ3n) is 1.72. The Labute approximate surface area is 109 Å². The van der Waals surface area contributed by atoms with Crippen molar-refractivity contribution in [1.82, 2.24) is 0 Å². The van der Waals surface area contributed by atoms with E-state index in [1.807, 2.05) is 13.8 Å². The third kappa shape index (κ3) is 8.95.